The maximum atomic E-state index is 12.1. The summed E-state index contributed by atoms with van der Waals surface area (Å²) in [4.78, 5) is 16.2. The fourth-order valence-electron chi connectivity index (χ4n) is 3.58. The Morgan fingerprint density at radius 1 is 1.09 bits per heavy atom. The fraction of sp³-hybridized carbons (Fsp3) is 0.0833. The summed E-state index contributed by atoms with van der Waals surface area (Å²) in [6.45, 7) is 2.03. The van der Waals surface area contributed by atoms with Crippen molar-refractivity contribution in [3.8, 4) is 22.8 Å². The average Bonchev–Trinajstić information content (AvgIpc) is 3.23. The van der Waals surface area contributed by atoms with Crippen molar-refractivity contribution in [1.82, 2.24) is 19.7 Å². The first-order valence-electron chi connectivity index (χ1n) is 10.0. The topological polar surface area (TPSA) is 94.0 Å². The third-order valence-electron chi connectivity index (χ3n) is 5.18. The predicted molar refractivity (Wildman–Crippen MR) is 128 cm³/mol. The van der Waals surface area contributed by atoms with Gasteiger partial charge in [0.1, 0.15) is 11.3 Å². The van der Waals surface area contributed by atoms with Gasteiger partial charge in [-0.1, -0.05) is 41.6 Å². The Morgan fingerprint density at radius 3 is 2.67 bits per heavy atom. The lowest BCUT2D eigenvalue weighted by atomic mass is 10.1. The molecule has 5 aromatic rings. The second-order valence-electron chi connectivity index (χ2n) is 7.34. The van der Waals surface area contributed by atoms with Gasteiger partial charge in [-0.3, -0.25) is 9.55 Å². The van der Waals surface area contributed by atoms with Gasteiger partial charge in [-0.15, -0.1) is 10.2 Å². The molecule has 3 heterocycles. The summed E-state index contributed by atoms with van der Waals surface area (Å²) in [6.07, 6.45) is 3.43. The maximum absolute atomic E-state index is 12.1. The molecule has 0 aliphatic rings. The highest BCUT2D eigenvalue weighted by Crippen LogP contribution is 2.34. The molecule has 2 aromatic carbocycles. The van der Waals surface area contributed by atoms with Crippen LogP contribution in [0.25, 0.3) is 28.0 Å². The number of para-hydroxylation sites is 1. The highest BCUT2D eigenvalue weighted by atomic mass is 35.5. The Hall–Kier alpha value is -3.62. The number of halogens is 1. The normalized spacial score (nSPS) is 11.2. The molecular weight excluding hydrogens is 460 g/mol. The summed E-state index contributed by atoms with van der Waals surface area (Å²) in [7, 11) is 0. The van der Waals surface area contributed by atoms with E-state index in [0.29, 0.717) is 22.1 Å². The van der Waals surface area contributed by atoms with Crippen LogP contribution in [-0.2, 0) is 5.75 Å². The van der Waals surface area contributed by atoms with Gasteiger partial charge >= 0.3 is 5.63 Å². The Kier molecular flexibility index (Phi) is 5.62. The van der Waals surface area contributed by atoms with Crippen LogP contribution in [0.5, 0.6) is 5.75 Å². The van der Waals surface area contributed by atoms with Gasteiger partial charge in [0, 0.05) is 41.2 Å². The van der Waals surface area contributed by atoms with E-state index in [2.05, 4.69) is 15.2 Å². The van der Waals surface area contributed by atoms with Crippen molar-refractivity contribution in [1.29, 1.82) is 0 Å². The Labute approximate surface area is 197 Å². The summed E-state index contributed by atoms with van der Waals surface area (Å²) in [5, 5.41) is 20.3. The summed E-state index contributed by atoms with van der Waals surface area (Å²) >= 11 is 7.54. The summed E-state index contributed by atoms with van der Waals surface area (Å²) in [5.74, 6) is 0.974. The zero-order valence-corrected chi connectivity index (χ0v) is 19.0. The Balaban J connectivity index is 1.59. The van der Waals surface area contributed by atoms with E-state index in [4.69, 9.17) is 16.0 Å². The van der Waals surface area contributed by atoms with E-state index < -0.39 is 5.63 Å². The highest BCUT2D eigenvalue weighted by molar-refractivity contribution is 7.98. The van der Waals surface area contributed by atoms with E-state index in [1.807, 2.05) is 47.9 Å². The number of aromatic hydroxyl groups is 1. The van der Waals surface area contributed by atoms with Gasteiger partial charge in [-0.25, -0.2) is 4.79 Å². The smallest absolute Gasteiger partial charge is 0.336 e. The van der Waals surface area contributed by atoms with Crippen molar-refractivity contribution >= 4 is 34.3 Å². The Morgan fingerprint density at radius 2 is 1.88 bits per heavy atom. The van der Waals surface area contributed by atoms with Gasteiger partial charge in [-0.2, -0.15) is 0 Å². The molecule has 0 aliphatic carbocycles. The van der Waals surface area contributed by atoms with Crippen LogP contribution in [0.3, 0.4) is 0 Å². The molecule has 5 rings (SSSR count). The number of pyridine rings is 1. The van der Waals surface area contributed by atoms with Gasteiger partial charge in [0.2, 0.25) is 0 Å². The van der Waals surface area contributed by atoms with Gasteiger partial charge in [0.05, 0.1) is 10.7 Å². The predicted octanol–water partition coefficient (Wildman–Crippen LogP) is 5.40. The molecule has 7 nitrogen and oxygen atoms in total. The number of benzene rings is 2. The number of fused-ring (bicyclic) bond motifs is 1. The zero-order valence-electron chi connectivity index (χ0n) is 17.4. The van der Waals surface area contributed by atoms with E-state index in [-0.39, 0.29) is 16.4 Å². The first-order chi connectivity index (χ1) is 16.0. The van der Waals surface area contributed by atoms with Crippen molar-refractivity contribution in [2.45, 2.75) is 17.8 Å². The minimum Gasteiger partial charge on any atom is -0.506 e. The van der Waals surface area contributed by atoms with Crippen LogP contribution in [0.2, 0.25) is 5.02 Å². The fourth-order valence-corrected chi connectivity index (χ4v) is 4.68. The van der Waals surface area contributed by atoms with E-state index in [0.717, 1.165) is 22.4 Å². The van der Waals surface area contributed by atoms with Gasteiger partial charge in [0.25, 0.3) is 0 Å². The number of aryl methyl sites for hydroxylation is 1. The van der Waals surface area contributed by atoms with Crippen LogP contribution in [0.15, 0.2) is 81.4 Å². The lowest BCUT2D eigenvalue weighted by Gasteiger charge is -2.13. The monoisotopic (exact) mass is 476 g/mol. The van der Waals surface area contributed by atoms with Crippen LogP contribution in [0, 0.1) is 6.92 Å². The zero-order chi connectivity index (χ0) is 22.9. The van der Waals surface area contributed by atoms with Crippen molar-refractivity contribution in [2.24, 2.45) is 0 Å². The summed E-state index contributed by atoms with van der Waals surface area (Å²) < 4.78 is 7.24. The first-order valence-corrected chi connectivity index (χ1v) is 11.4. The molecule has 9 heteroatoms. The number of hydrogen-bond donors (Lipinski definition) is 1. The number of aromatic nitrogens is 4. The lowest BCUT2D eigenvalue weighted by molar-refractivity contribution is 0.473. The van der Waals surface area contributed by atoms with Gasteiger partial charge < -0.3 is 9.52 Å². The number of thioether (sulfide) groups is 1. The minimum atomic E-state index is -0.502. The van der Waals surface area contributed by atoms with Crippen LogP contribution in [-0.4, -0.2) is 24.9 Å². The number of phenolic OH excluding ortho intramolecular Hbond substituents is 1. The lowest BCUT2D eigenvalue weighted by Crippen LogP contribution is -2.03. The number of nitrogens with zero attached hydrogens (tertiary/aromatic N) is 4. The standard InChI is InChI=1S/C24H17ClN4O3S/c1-14-4-2-3-5-19(14)29-23(15-6-8-26-9-7-15)27-28-24(29)33-13-16-10-22(31)32-21-12-20(30)18(25)11-17(16)21/h2-12,30H,13H2,1H3. The first kappa shape index (κ1) is 21.2. The quantitative estimate of drug-likeness (QED) is 0.268. The van der Waals surface area contributed by atoms with Crippen molar-refractivity contribution in [3.63, 3.8) is 0 Å². The van der Waals surface area contributed by atoms with E-state index >= 15 is 0 Å². The van der Waals surface area contributed by atoms with E-state index in [9.17, 15) is 9.90 Å². The molecule has 0 spiro atoms. The minimum absolute atomic E-state index is 0.140. The second-order valence-corrected chi connectivity index (χ2v) is 8.69. The molecule has 33 heavy (non-hydrogen) atoms. The van der Waals surface area contributed by atoms with Gasteiger partial charge in [-0.05, 0) is 42.3 Å². The highest BCUT2D eigenvalue weighted by Gasteiger charge is 2.18. The molecule has 0 aliphatic heterocycles. The summed E-state index contributed by atoms with van der Waals surface area (Å²) in [6, 6.07) is 16.2. The molecule has 0 fully saturated rings. The molecule has 0 radical (unpaired) electrons. The van der Waals surface area contributed by atoms with Crippen molar-refractivity contribution in [2.75, 3.05) is 0 Å². The summed E-state index contributed by atoms with van der Waals surface area (Å²) in [5.41, 5.74) is 3.42. The third-order valence-corrected chi connectivity index (χ3v) is 6.46. The molecular formula is C24H17ClN4O3S. The average molecular weight is 477 g/mol. The second kappa shape index (κ2) is 8.73. The SMILES string of the molecule is Cc1ccccc1-n1c(SCc2cc(=O)oc3cc(O)c(Cl)cc23)nnc1-c1ccncc1. The van der Waals surface area contributed by atoms with Gasteiger partial charge in [0.15, 0.2) is 11.0 Å². The van der Waals surface area contributed by atoms with E-state index in [1.54, 1.807) is 18.5 Å². The molecule has 0 unspecified atom stereocenters. The number of phenols is 1. The molecule has 0 amide bonds. The Bertz CT molecular complexity index is 1530. The molecule has 0 saturated carbocycles. The maximum Gasteiger partial charge on any atom is 0.336 e. The van der Waals surface area contributed by atoms with Crippen LogP contribution in [0.4, 0.5) is 0 Å². The largest absolute Gasteiger partial charge is 0.506 e. The molecule has 0 bridgehead atoms. The van der Waals surface area contributed by atoms with Crippen LogP contribution < -0.4 is 5.63 Å². The molecule has 3 aromatic heterocycles. The number of hydrogen-bond acceptors (Lipinski definition) is 7. The third kappa shape index (κ3) is 4.10. The molecule has 164 valence electrons. The van der Waals surface area contributed by atoms with Crippen LogP contribution in [0.1, 0.15) is 11.1 Å². The van der Waals surface area contributed by atoms with E-state index in [1.165, 1.54) is 23.9 Å². The van der Waals surface area contributed by atoms with Crippen molar-refractivity contribution < 1.29 is 9.52 Å². The van der Waals surface area contributed by atoms with Crippen molar-refractivity contribution in [3.05, 3.63) is 93.6 Å². The number of rotatable bonds is 5. The van der Waals surface area contributed by atoms with Crippen LogP contribution >= 0.6 is 23.4 Å². The molecule has 0 atom stereocenters. The molecule has 1 N–H and O–H groups in total. The molecule has 0 saturated heterocycles.